The first-order valence-corrected chi connectivity index (χ1v) is 11.0. The van der Waals surface area contributed by atoms with Gasteiger partial charge in [0.2, 0.25) is 5.91 Å². The summed E-state index contributed by atoms with van der Waals surface area (Å²) in [5, 5.41) is 10.7. The highest BCUT2D eigenvalue weighted by atomic mass is 16.6. The van der Waals surface area contributed by atoms with Gasteiger partial charge in [0.15, 0.2) is 6.23 Å². The molecule has 31 heavy (non-hydrogen) atoms. The van der Waals surface area contributed by atoms with E-state index in [1.54, 1.807) is 6.92 Å². The van der Waals surface area contributed by atoms with E-state index in [9.17, 15) is 14.4 Å². The number of hydrogen-bond donors (Lipinski definition) is 3. The van der Waals surface area contributed by atoms with Crippen LogP contribution in [0.1, 0.15) is 85.5 Å². The number of nitrogens with two attached hydrogens (primary N) is 1. The predicted octanol–water partition coefficient (Wildman–Crippen LogP) is 4.88. The van der Waals surface area contributed by atoms with Crippen LogP contribution in [-0.2, 0) is 19.1 Å². The second kappa shape index (κ2) is 23.9. The van der Waals surface area contributed by atoms with Crippen LogP contribution in [0.25, 0.3) is 0 Å². The fourth-order valence-electron chi connectivity index (χ4n) is 2.03. The van der Waals surface area contributed by atoms with Gasteiger partial charge in [0.05, 0.1) is 0 Å². The van der Waals surface area contributed by atoms with Gasteiger partial charge in [-0.25, -0.2) is 9.59 Å². The third-order valence-electron chi connectivity index (χ3n) is 3.95. The molecule has 0 heterocycles. The molecule has 1 unspecified atom stereocenters. The van der Waals surface area contributed by atoms with Crippen LogP contribution in [0.5, 0.6) is 0 Å². The lowest BCUT2D eigenvalue weighted by molar-refractivity contribution is -0.144. The van der Waals surface area contributed by atoms with Crippen molar-refractivity contribution in [1.29, 1.82) is 0 Å². The SMILES string of the molecule is C=C(C)C(=O)OC(C)NCCCC.C=C(CCCCCCCC)C(N)=O.C=CC(=O)O. The third-order valence-corrected chi connectivity index (χ3v) is 3.95. The van der Waals surface area contributed by atoms with Crippen LogP contribution >= 0.6 is 0 Å². The number of carbonyl (C=O) groups excluding carboxylic acids is 2. The summed E-state index contributed by atoms with van der Waals surface area (Å²) in [5.74, 6) is -1.67. The summed E-state index contributed by atoms with van der Waals surface area (Å²) < 4.78 is 5.01. The van der Waals surface area contributed by atoms with Crippen molar-refractivity contribution in [3.63, 3.8) is 0 Å². The van der Waals surface area contributed by atoms with E-state index in [4.69, 9.17) is 15.6 Å². The molecule has 0 bridgehead atoms. The Morgan fingerprint density at radius 2 is 1.52 bits per heavy atom. The lowest BCUT2D eigenvalue weighted by Gasteiger charge is -2.14. The Bertz CT molecular complexity index is 544. The smallest absolute Gasteiger partial charge is 0.334 e. The highest BCUT2D eigenvalue weighted by Gasteiger charge is 2.08. The minimum atomic E-state index is -0.981. The number of carboxylic acid groups (broad SMARTS) is 1. The van der Waals surface area contributed by atoms with Gasteiger partial charge in [-0.2, -0.15) is 0 Å². The average molecular weight is 441 g/mol. The van der Waals surface area contributed by atoms with Crippen LogP contribution in [0.4, 0.5) is 0 Å². The zero-order valence-electron chi connectivity index (χ0n) is 20.0. The van der Waals surface area contributed by atoms with Crippen LogP contribution in [0.2, 0.25) is 0 Å². The number of rotatable bonds is 15. The molecule has 0 aliphatic heterocycles. The van der Waals surface area contributed by atoms with Gasteiger partial charge in [-0.15, -0.1) is 0 Å². The second-order valence-electron chi connectivity index (χ2n) is 7.16. The van der Waals surface area contributed by atoms with Crippen molar-refractivity contribution in [2.24, 2.45) is 5.73 Å². The zero-order valence-corrected chi connectivity index (χ0v) is 20.0. The highest BCUT2D eigenvalue weighted by molar-refractivity contribution is 5.91. The second-order valence-corrected chi connectivity index (χ2v) is 7.16. The lowest BCUT2D eigenvalue weighted by atomic mass is 10.1. The summed E-state index contributed by atoms with van der Waals surface area (Å²) in [6, 6.07) is 0. The first kappa shape index (κ1) is 33.2. The molecular weight excluding hydrogens is 396 g/mol. The minimum Gasteiger partial charge on any atom is -0.478 e. The van der Waals surface area contributed by atoms with Crippen LogP contribution in [0.15, 0.2) is 37.0 Å². The largest absolute Gasteiger partial charge is 0.478 e. The van der Waals surface area contributed by atoms with E-state index in [2.05, 4.69) is 38.9 Å². The number of hydrogen-bond acceptors (Lipinski definition) is 5. The van der Waals surface area contributed by atoms with Crippen LogP contribution in [0, 0.1) is 0 Å². The summed E-state index contributed by atoms with van der Waals surface area (Å²) >= 11 is 0. The molecule has 0 saturated heterocycles. The molecule has 4 N–H and O–H groups in total. The van der Waals surface area contributed by atoms with Crippen molar-refractivity contribution in [3.8, 4) is 0 Å². The van der Waals surface area contributed by atoms with Crippen LogP contribution in [-0.4, -0.2) is 35.7 Å². The van der Waals surface area contributed by atoms with E-state index >= 15 is 0 Å². The molecule has 0 aromatic heterocycles. The van der Waals surface area contributed by atoms with E-state index in [0.717, 1.165) is 38.3 Å². The molecule has 0 radical (unpaired) electrons. The summed E-state index contributed by atoms with van der Waals surface area (Å²) in [7, 11) is 0. The molecule has 0 fully saturated rings. The van der Waals surface area contributed by atoms with Gasteiger partial charge >= 0.3 is 11.9 Å². The van der Waals surface area contributed by atoms with E-state index in [1.165, 1.54) is 32.1 Å². The standard InChI is InChI=1S/C11H21NO.C10H19NO2.C3H4O2/c1-3-4-5-6-7-8-9-10(2)11(12)13;1-5-6-7-11-9(4)13-10(12)8(2)3;1-2-3(4)5/h2-9H2,1H3,(H2,12,13);9,11H,2,5-7H2,1,3-4H3;2H,1H2,(H,4,5). The fourth-order valence-corrected chi connectivity index (χ4v) is 2.03. The Kier molecular flexibility index (Phi) is 25.6. The Hall–Kier alpha value is -2.41. The van der Waals surface area contributed by atoms with Crippen LogP contribution < -0.4 is 11.1 Å². The van der Waals surface area contributed by atoms with Gasteiger partial charge in [-0.05, 0) is 39.7 Å². The van der Waals surface area contributed by atoms with E-state index in [0.29, 0.717) is 11.1 Å². The third kappa shape index (κ3) is 29.9. The van der Waals surface area contributed by atoms with Gasteiger partial charge in [0.25, 0.3) is 0 Å². The topological polar surface area (TPSA) is 119 Å². The average Bonchev–Trinajstić information content (AvgIpc) is 2.71. The monoisotopic (exact) mass is 440 g/mol. The van der Waals surface area contributed by atoms with E-state index in [1.807, 2.05) is 6.92 Å². The Labute approximate surface area is 188 Å². The Morgan fingerprint density at radius 1 is 1.03 bits per heavy atom. The van der Waals surface area contributed by atoms with Gasteiger partial charge in [-0.3, -0.25) is 10.1 Å². The zero-order chi connectivity index (χ0) is 24.7. The molecule has 180 valence electrons. The molecule has 0 aliphatic rings. The van der Waals surface area contributed by atoms with Crippen molar-refractivity contribution in [3.05, 3.63) is 37.0 Å². The van der Waals surface area contributed by atoms with Gasteiger partial charge in [-0.1, -0.05) is 72.1 Å². The maximum Gasteiger partial charge on any atom is 0.334 e. The number of esters is 1. The number of carboxylic acids is 1. The first-order chi connectivity index (χ1) is 14.5. The maximum atomic E-state index is 11.0. The first-order valence-electron chi connectivity index (χ1n) is 11.0. The predicted molar refractivity (Wildman–Crippen MR) is 127 cm³/mol. The van der Waals surface area contributed by atoms with Crippen molar-refractivity contribution in [2.45, 2.75) is 91.7 Å². The van der Waals surface area contributed by atoms with Gasteiger partial charge < -0.3 is 15.6 Å². The van der Waals surface area contributed by atoms with Crippen molar-refractivity contribution in [1.82, 2.24) is 5.32 Å². The number of nitrogens with one attached hydrogen (secondary N) is 1. The number of carbonyl (C=O) groups is 3. The van der Waals surface area contributed by atoms with Gasteiger partial charge in [0.1, 0.15) is 0 Å². The number of aliphatic carboxylic acids is 1. The van der Waals surface area contributed by atoms with E-state index in [-0.39, 0.29) is 18.1 Å². The summed E-state index contributed by atoms with van der Waals surface area (Å²) in [6.45, 7) is 18.7. The van der Waals surface area contributed by atoms with Crippen molar-refractivity contribution >= 4 is 17.8 Å². The van der Waals surface area contributed by atoms with Crippen LogP contribution in [0.3, 0.4) is 0 Å². The van der Waals surface area contributed by atoms with Crippen molar-refractivity contribution in [2.75, 3.05) is 6.54 Å². The van der Waals surface area contributed by atoms with Gasteiger partial charge in [0, 0.05) is 17.2 Å². The summed E-state index contributed by atoms with van der Waals surface area (Å²) in [6.07, 6.45) is 11.0. The number of unbranched alkanes of at least 4 members (excludes halogenated alkanes) is 6. The summed E-state index contributed by atoms with van der Waals surface area (Å²) in [5.41, 5.74) is 6.06. The minimum absolute atomic E-state index is 0.226. The highest BCUT2D eigenvalue weighted by Crippen LogP contribution is 2.10. The quantitative estimate of drug-likeness (QED) is 0.145. The molecule has 0 aromatic rings. The molecule has 1 amide bonds. The fraction of sp³-hybridized carbons (Fsp3) is 0.625. The number of primary amides is 1. The lowest BCUT2D eigenvalue weighted by Crippen LogP contribution is -2.31. The molecule has 0 saturated carbocycles. The molecule has 1 atom stereocenters. The number of ether oxygens (including phenoxy) is 1. The molecule has 7 nitrogen and oxygen atoms in total. The number of amides is 1. The molecule has 0 aromatic carbocycles. The Morgan fingerprint density at radius 3 is 1.94 bits per heavy atom. The maximum absolute atomic E-state index is 11.0. The Balaban J connectivity index is -0.000000416. The van der Waals surface area contributed by atoms with Crippen molar-refractivity contribution < 1.29 is 24.2 Å². The van der Waals surface area contributed by atoms with E-state index < -0.39 is 5.97 Å². The molecule has 7 heteroatoms. The molecular formula is C24H44N2O5. The normalized spacial score (nSPS) is 10.3. The molecule has 0 aliphatic carbocycles. The molecule has 0 spiro atoms. The molecule has 0 rings (SSSR count). The summed E-state index contributed by atoms with van der Waals surface area (Å²) in [4.78, 5) is 30.9.